The highest BCUT2D eigenvalue weighted by molar-refractivity contribution is 7.89. The van der Waals surface area contributed by atoms with Gasteiger partial charge in [0.15, 0.2) is 0 Å². The summed E-state index contributed by atoms with van der Waals surface area (Å²) in [5, 5.41) is 19.8. The van der Waals surface area contributed by atoms with Crippen LogP contribution in [0.25, 0.3) is 0 Å². The Morgan fingerprint density at radius 2 is 1.93 bits per heavy atom. The molecule has 0 amide bonds. The maximum absolute atomic E-state index is 12.0. The Bertz CT molecular complexity index is 1050. The molecule has 0 atom stereocenters. The number of rotatable bonds is 7. The highest BCUT2D eigenvalue weighted by Gasteiger charge is 2.17. The summed E-state index contributed by atoms with van der Waals surface area (Å²) in [6.07, 6.45) is 1.04. The van der Waals surface area contributed by atoms with Crippen LogP contribution in [0.3, 0.4) is 0 Å². The van der Waals surface area contributed by atoms with E-state index in [2.05, 4.69) is 0 Å². The van der Waals surface area contributed by atoms with Gasteiger partial charge in [0.05, 0.1) is 22.6 Å². The fourth-order valence-electron chi connectivity index (χ4n) is 2.15. The van der Waals surface area contributed by atoms with Crippen molar-refractivity contribution in [1.29, 1.82) is 5.26 Å². The highest BCUT2D eigenvalue weighted by Crippen LogP contribution is 2.18. The zero-order valence-electron chi connectivity index (χ0n) is 14.5. The molecule has 0 fully saturated rings. The molecule has 0 bridgehead atoms. The molecular formula is C16H16N4O6S. The van der Waals surface area contributed by atoms with Gasteiger partial charge >= 0.3 is 0 Å². The van der Waals surface area contributed by atoms with Gasteiger partial charge in [-0.3, -0.25) is 14.9 Å². The third kappa shape index (κ3) is 4.49. The van der Waals surface area contributed by atoms with E-state index >= 15 is 0 Å². The maximum atomic E-state index is 12.0. The van der Waals surface area contributed by atoms with E-state index in [1.54, 1.807) is 6.07 Å². The first-order valence-corrected chi connectivity index (χ1v) is 9.05. The zero-order chi connectivity index (χ0) is 20.2. The number of hydrogen-bond donors (Lipinski definition) is 0. The Morgan fingerprint density at radius 1 is 1.30 bits per heavy atom. The van der Waals surface area contributed by atoms with Gasteiger partial charge in [0.2, 0.25) is 10.0 Å². The van der Waals surface area contributed by atoms with Crippen molar-refractivity contribution in [1.82, 2.24) is 8.87 Å². The molecule has 1 heterocycles. The van der Waals surface area contributed by atoms with Gasteiger partial charge in [-0.2, -0.15) is 5.26 Å². The Hall–Kier alpha value is -3.23. The number of nitrogens with zero attached hydrogens (tertiary/aromatic N) is 4. The summed E-state index contributed by atoms with van der Waals surface area (Å²) in [7, 11) is -0.700. The van der Waals surface area contributed by atoms with E-state index in [1.165, 1.54) is 38.4 Å². The summed E-state index contributed by atoms with van der Waals surface area (Å²) >= 11 is 0. The average Bonchev–Trinajstić information content (AvgIpc) is 2.63. The monoisotopic (exact) mass is 392 g/mol. The van der Waals surface area contributed by atoms with Crippen LogP contribution in [0.2, 0.25) is 0 Å². The molecule has 0 N–H and O–H groups in total. The second-order valence-electron chi connectivity index (χ2n) is 5.59. The quantitative estimate of drug-likeness (QED) is 0.505. The Kier molecular flexibility index (Phi) is 5.94. The molecule has 2 aromatic rings. The Balaban J connectivity index is 2.11. The molecular weight excluding hydrogens is 376 g/mol. The minimum Gasteiger partial charge on any atom is -0.492 e. The van der Waals surface area contributed by atoms with Gasteiger partial charge in [0.25, 0.3) is 11.2 Å². The van der Waals surface area contributed by atoms with Crippen molar-refractivity contribution in [2.45, 2.75) is 11.4 Å². The van der Waals surface area contributed by atoms with Gasteiger partial charge in [-0.15, -0.1) is 0 Å². The SMILES string of the molecule is CN(C)S(=O)(=O)c1ccc(OCCn2cc([N+](=O)[O-])cc(C#N)c2=O)cc1. The number of nitro groups is 1. The molecule has 142 valence electrons. The van der Waals surface area contributed by atoms with E-state index in [0.29, 0.717) is 5.75 Å². The standard InChI is InChI=1S/C16H16N4O6S/c1-18(2)27(24,25)15-5-3-14(4-6-15)26-8-7-19-11-13(20(22)23)9-12(10-17)16(19)21/h3-6,9,11H,7-8H2,1-2H3. The predicted molar refractivity (Wildman–Crippen MR) is 94.9 cm³/mol. The van der Waals surface area contributed by atoms with Crippen molar-refractivity contribution in [2.75, 3.05) is 20.7 Å². The lowest BCUT2D eigenvalue weighted by atomic mass is 10.2. The molecule has 0 aliphatic carbocycles. The molecule has 2 rings (SSSR count). The van der Waals surface area contributed by atoms with Gasteiger partial charge in [0, 0.05) is 20.2 Å². The number of pyridine rings is 1. The van der Waals surface area contributed by atoms with Gasteiger partial charge in [0.1, 0.15) is 24.0 Å². The number of hydrogen-bond acceptors (Lipinski definition) is 7. The van der Waals surface area contributed by atoms with Crippen LogP contribution in [0.1, 0.15) is 5.56 Å². The first-order chi connectivity index (χ1) is 12.7. The smallest absolute Gasteiger partial charge is 0.287 e. The minimum atomic E-state index is -3.55. The van der Waals surface area contributed by atoms with Crippen LogP contribution in [-0.2, 0) is 16.6 Å². The van der Waals surface area contributed by atoms with Crippen molar-refractivity contribution in [3.05, 3.63) is 62.6 Å². The largest absolute Gasteiger partial charge is 0.492 e. The average molecular weight is 392 g/mol. The molecule has 0 spiro atoms. The molecule has 27 heavy (non-hydrogen) atoms. The van der Waals surface area contributed by atoms with Gasteiger partial charge < -0.3 is 9.30 Å². The van der Waals surface area contributed by atoms with Crippen molar-refractivity contribution in [2.24, 2.45) is 0 Å². The number of benzene rings is 1. The van der Waals surface area contributed by atoms with Crippen LogP contribution in [0.15, 0.2) is 46.2 Å². The van der Waals surface area contributed by atoms with Crippen LogP contribution in [0.4, 0.5) is 5.69 Å². The van der Waals surface area contributed by atoms with Crippen LogP contribution in [-0.4, -0.2) is 42.9 Å². The van der Waals surface area contributed by atoms with Gasteiger partial charge in [-0.05, 0) is 24.3 Å². The summed E-state index contributed by atoms with van der Waals surface area (Å²) < 4.78 is 31.5. The van der Waals surface area contributed by atoms with E-state index < -0.39 is 20.5 Å². The molecule has 0 saturated carbocycles. The number of aromatic nitrogens is 1. The molecule has 0 saturated heterocycles. The molecule has 1 aromatic heterocycles. The van der Waals surface area contributed by atoms with Crippen molar-refractivity contribution in [3.63, 3.8) is 0 Å². The van der Waals surface area contributed by atoms with Crippen molar-refractivity contribution in [3.8, 4) is 11.8 Å². The summed E-state index contributed by atoms with van der Waals surface area (Å²) in [5.41, 5.74) is -1.36. The van der Waals surface area contributed by atoms with E-state index in [-0.39, 0.29) is 29.3 Å². The summed E-state index contributed by atoms with van der Waals surface area (Å²) in [4.78, 5) is 22.3. The number of sulfonamides is 1. The molecule has 0 radical (unpaired) electrons. The number of nitriles is 1. The maximum Gasteiger partial charge on any atom is 0.287 e. The summed E-state index contributed by atoms with van der Waals surface area (Å²) in [6.45, 7) is -0.0291. The fourth-order valence-corrected chi connectivity index (χ4v) is 3.05. The first kappa shape index (κ1) is 20.1. The van der Waals surface area contributed by atoms with Crippen LogP contribution >= 0.6 is 0 Å². The molecule has 0 unspecified atom stereocenters. The van der Waals surface area contributed by atoms with Crippen LogP contribution < -0.4 is 10.3 Å². The first-order valence-electron chi connectivity index (χ1n) is 7.61. The predicted octanol–water partition coefficient (Wildman–Crippen LogP) is 0.957. The van der Waals surface area contributed by atoms with Crippen LogP contribution in [0, 0.1) is 21.4 Å². The molecule has 10 nitrogen and oxygen atoms in total. The van der Waals surface area contributed by atoms with E-state index in [0.717, 1.165) is 21.1 Å². The van der Waals surface area contributed by atoms with Gasteiger partial charge in [-0.1, -0.05) is 0 Å². The van der Waals surface area contributed by atoms with E-state index in [4.69, 9.17) is 10.00 Å². The normalized spacial score (nSPS) is 11.2. The Morgan fingerprint density at radius 3 is 2.44 bits per heavy atom. The van der Waals surface area contributed by atoms with E-state index in [1.807, 2.05) is 0 Å². The number of ether oxygens (including phenoxy) is 1. The second kappa shape index (κ2) is 7.98. The topological polar surface area (TPSA) is 136 Å². The minimum absolute atomic E-state index is 0.00821. The highest BCUT2D eigenvalue weighted by atomic mass is 32.2. The zero-order valence-corrected chi connectivity index (χ0v) is 15.3. The van der Waals surface area contributed by atoms with Crippen molar-refractivity contribution >= 4 is 15.7 Å². The van der Waals surface area contributed by atoms with Crippen molar-refractivity contribution < 1.29 is 18.1 Å². The molecule has 0 aliphatic rings. The molecule has 0 aliphatic heterocycles. The van der Waals surface area contributed by atoms with E-state index in [9.17, 15) is 23.3 Å². The lowest BCUT2D eigenvalue weighted by Gasteiger charge is -2.12. The second-order valence-corrected chi connectivity index (χ2v) is 7.74. The fraction of sp³-hybridized carbons (Fsp3) is 0.250. The summed E-state index contributed by atoms with van der Waals surface area (Å²) in [5.74, 6) is 0.367. The third-order valence-electron chi connectivity index (χ3n) is 3.61. The summed E-state index contributed by atoms with van der Waals surface area (Å²) in [6, 6.07) is 8.25. The lowest BCUT2D eigenvalue weighted by molar-refractivity contribution is -0.385. The van der Waals surface area contributed by atoms with Gasteiger partial charge in [-0.25, -0.2) is 12.7 Å². The molecule has 11 heteroatoms. The lowest BCUT2D eigenvalue weighted by Crippen LogP contribution is -2.25. The van der Waals surface area contributed by atoms with Crippen LogP contribution in [0.5, 0.6) is 5.75 Å². The Labute approximate surface area is 155 Å². The third-order valence-corrected chi connectivity index (χ3v) is 5.44. The molecule has 1 aromatic carbocycles.